The predicted octanol–water partition coefficient (Wildman–Crippen LogP) is 6.21. The molecule has 0 aromatic heterocycles. The minimum Gasteiger partial charge on any atom is -0.484 e. The highest BCUT2D eigenvalue weighted by molar-refractivity contribution is 5.96. The molecule has 0 unspecified atom stereocenters. The van der Waals surface area contributed by atoms with Crippen molar-refractivity contribution in [3.63, 3.8) is 0 Å². The Labute approximate surface area is 235 Å². The monoisotopic (exact) mass is 533 g/mol. The van der Waals surface area contributed by atoms with Crippen molar-refractivity contribution in [2.45, 2.75) is 84.7 Å². The van der Waals surface area contributed by atoms with Gasteiger partial charge in [0.2, 0.25) is 5.91 Å². The third kappa shape index (κ3) is 8.31. The first kappa shape index (κ1) is 29.1. The molecule has 39 heavy (non-hydrogen) atoms. The van der Waals surface area contributed by atoms with Crippen LogP contribution in [0.4, 0.5) is 5.69 Å². The van der Waals surface area contributed by atoms with E-state index in [4.69, 9.17) is 4.74 Å². The number of ether oxygens (including phenoxy) is 1. The van der Waals surface area contributed by atoms with Gasteiger partial charge in [-0.25, -0.2) is 0 Å². The van der Waals surface area contributed by atoms with Gasteiger partial charge in [-0.2, -0.15) is 0 Å². The Hall–Kier alpha value is -2.86. The molecule has 2 aromatic rings. The van der Waals surface area contributed by atoms with Crippen molar-refractivity contribution < 1.29 is 14.3 Å². The van der Waals surface area contributed by atoms with Crippen molar-refractivity contribution in [1.29, 1.82) is 0 Å². The number of hydrogen-bond donors (Lipinski definition) is 0. The number of rotatable bonds is 7. The molecule has 1 aliphatic carbocycles. The van der Waals surface area contributed by atoms with Gasteiger partial charge in [0, 0.05) is 45.2 Å². The number of benzene rings is 2. The number of carbonyl (C=O) groups is 2. The molecule has 4 rings (SSSR count). The number of anilines is 1. The summed E-state index contributed by atoms with van der Waals surface area (Å²) in [6.07, 6.45) is 8.93. The normalized spacial score (nSPS) is 17.9. The van der Waals surface area contributed by atoms with Crippen LogP contribution in [0.25, 0.3) is 0 Å². The average molecular weight is 534 g/mol. The quantitative estimate of drug-likeness (QED) is 0.425. The van der Waals surface area contributed by atoms with E-state index < -0.39 is 0 Å². The fourth-order valence-corrected chi connectivity index (χ4v) is 6.10. The van der Waals surface area contributed by atoms with E-state index in [1.54, 1.807) is 0 Å². The van der Waals surface area contributed by atoms with Crippen molar-refractivity contribution >= 4 is 17.5 Å². The van der Waals surface area contributed by atoms with Crippen molar-refractivity contribution in [3.8, 4) is 5.75 Å². The lowest BCUT2D eigenvalue weighted by Crippen LogP contribution is -2.41. The summed E-state index contributed by atoms with van der Waals surface area (Å²) in [4.78, 5) is 33.7. The van der Waals surface area contributed by atoms with Crippen LogP contribution in [0, 0.1) is 12.8 Å². The lowest BCUT2D eigenvalue weighted by atomic mass is 9.86. The molecule has 0 bridgehead atoms. The molecule has 0 saturated heterocycles. The van der Waals surface area contributed by atoms with Gasteiger partial charge >= 0.3 is 0 Å². The maximum absolute atomic E-state index is 13.7. The molecule has 6 nitrogen and oxygen atoms in total. The molecule has 1 heterocycles. The standard InChI is InChI=1S/C33H47N3O3/c1-26(2)34-20-11-21-36(32(38)25-39-30-16-8-5-9-17-30)33-27(3)12-10-15-29(33)24-35(23-22-34)31(37)19-18-28-13-6-4-7-14-28/h5,8-10,12,15-17,26,28H,4,6-7,11,13-14,18-25H2,1-3H3. The third-order valence-corrected chi connectivity index (χ3v) is 8.42. The number of carbonyl (C=O) groups excluding carboxylic acids is 2. The smallest absolute Gasteiger partial charge is 0.264 e. The van der Waals surface area contributed by atoms with Crippen LogP contribution in [0.3, 0.4) is 0 Å². The number of amides is 2. The summed E-state index contributed by atoms with van der Waals surface area (Å²) in [7, 11) is 0. The fraction of sp³-hybridized carbons (Fsp3) is 0.576. The summed E-state index contributed by atoms with van der Waals surface area (Å²) in [5.41, 5.74) is 3.02. The number of aryl methyl sites for hydroxylation is 1. The molecule has 0 spiro atoms. The van der Waals surface area contributed by atoms with E-state index >= 15 is 0 Å². The third-order valence-electron chi connectivity index (χ3n) is 8.42. The zero-order valence-corrected chi connectivity index (χ0v) is 24.2. The van der Waals surface area contributed by atoms with Crippen LogP contribution in [-0.2, 0) is 16.1 Å². The molecule has 6 heteroatoms. The van der Waals surface area contributed by atoms with Gasteiger partial charge in [0.1, 0.15) is 5.75 Å². The second kappa shape index (κ2) is 14.5. The van der Waals surface area contributed by atoms with Crippen LogP contribution in [0.15, 0.2) is 48.5 Å². The Morgan fingerprint density at radius 3 is 2.38 bits per heavy atom. The molecule has 1 aliphatic heterocycles. The number of nitrogens with zero attached hydrogens (tertiary/aromatic N) is 3. The predicted molar refractivity (Wildman–Crippen MR) is 158 cm³/mol. The first-order valence-electron chi connectivity index (χ1n) is 15.0. The van der Waals surface area contributed by atoms with Crippen LogP contribution < -0.4 is 9.64 Å². The number of fused-ring (bicyclic) bond motifs is 1. The second-order valence-corrected chi connectivity index (χ2v) is 11.6. The molecule has 0 N–H and O–H groups in total. The molecule has 2 amide bonds. The van der Waals surface area contributed by atoms with Crippen LogP contribution in [0.1, 0.15) is 76.3 Å². The van der Waals surface area contributed by atoms with Gasteiger partial charge in [0.25, 0.3) is 5.91 Å². The van der Waals surface area contributed by atoms with Gasteiger partial charge in [-0.05, 0) is 62.8 Å². The van der Waals surface area contributed by atoms with E-state index in [0.717, 1.165) is 42.7 Å². The van der Waals surface area contributed by atoms with Crippen LogP contribution in [0.5, 0.6) is 5.75 Å². The van der Waals surface area contributed by atoms with Crippen molar-refractivity contribution in [3.05, 3.63) is 59.7 Å². The summed E-state index contributed by atoms with van der Waals surface area (Å²) >= 11 is 0. The molecule has 2 aromatic carbocycles. The fourth-order valence-electron chi connectivity index (χ4n) is 6.10. The SMILES string of the molecule is Cc1cccc2c1N(C(=O)COc1ccccc1)CCCN(C(C)C)CCN(C(=O)CCC1CCCCC1)C2. The van der Waals surface area contributed by atoms with Crippen molar-refractivity contribution in [1.82, 2.24) is 9.80 Å². The number of para-hydroxylation sites is 2. The van der Waals surface area contributed by atoms with Crippen molar-refractivity contribution in [2.75, 3.05) is 37.7 Å². The molecule has 2 aliphatic rings. The van der Waals surface area contributed by atoms with Gasteiger partial charge in [-0.1, -0.05) is 68.5 Å². The minimum absolute atomic E-state index is 0.0181. The average Bonchev–Trinajstić information content (AvgIpc) is 2.98. The topological polar surface area (TPSA) is 53.1 Å². The number of hydrogen-bond acceptors (Lipinski definition) is 4. The zero-order chi connectivity index (χ0) is 27.6. The summed E-state index contributed by atoms with van der Waals surface area (Å²) in [6.45, 7) is 10.0. The van der Waals surface area contributed by atoms with E-state index in [2.05, 4.69) is 37.8 Å². The zero-order valence-electron chi connectivity index (χ0n) is 24.2. The van der Waals surface area contributed by atoms with Crippen molar-refractivity contribution in [2.24, 2.45) is 5.92 Å². The molecular formula is C33H47N3O3. The molecule has 0 radical (unpaired) electrons. The Bertz CT molecular complexity index is 1070. The molecule has 212 valence electrons. The van der Waals surface area contributed by atoms with Crippen LogP contribution in [-0.4, -0.2) is 60.4 Å². The summed E-state index contributed by atoms with van der Waals surface area (Å²) in [5, 5.41) is 0. The highest BCUT2D eigenvalue weighted by Crippen LogP contribution is 2.30. The van der Waals surface area contributed by atoms with Gasteiger partial charge in [0.05, 0.1) is 5.69 Å². The lowest BCUT2D eigenvalue weighted by Gasteiger charge is -2.31. The Balaban J connectivity index is 1.57. The lowest BCUT2D eigenvalue weighted by molar-refractivity contribution is -0.132. The summed E-state index contributed by atoms with van der Waals surface area (Å²) in [6, 6.07) is 16.1. The van der Waals surface area contributed by atoms with E-state index in [9.17, 15) is 9.59 Å². The maximum atomic E-state index is 13.7. The maximum Gasteiger partial charge on any atom is 0.264 e. The van der Waals surface area contributed by atoms with Gasteiger partial charge < -0.3 is 14.5 Å². The van der Waals surface area contributed by atoms with E-state index in [1.807, 2.05) is 46.2 Å². The Morgan fingerprint density at radius 2 is 1.64 bits per heavy atom. The van der Waals surface area contributed by atoms with Crippen LogP contribution >= 0.6 is 0 Å². The molecule has 1 fully saturated rings. The first-order chi connectivity index (χ1) is 18.9. The van der Waals surface area contributed by atoms with Gasteiger partial charge in [-0.3, -0.25) is 14.5 Å². The summed E-state index contributed by atoms with van der Waals surface area (Å²) < 4.78 is 5.87. The molecular weight excluding hydrogens is 486 g/mol. The first-order valence-corrected chi connectivity index (χ1v) is 15.0. The largest absolute Gasteiger partial charge is 0.484 e. The van der Waals surface area contributed by atoms with E-state index in [0.29, 0.717) is 43.8 Å². The van der Waals surface area contributed by atoms with E-state index in [-0.39, 0.29) is 18.4 Å². The highest BCUT2D eigenvalue weighted by Gasteiger charge is 2.26. The van der Waals surface area contributed by atoms with Crippen LogP contribution in [0.2, 0.25) is 0 Å². The van der Waals surface area contributed by atoms with E-state index in [1.165, 1.54) is 32.1 Å². The van der Waals surface area contributed by atoms with Gasteiger partial charge in [0.15, 0.2) is 6.61 Å². The Kier molecular flexibility index (Phi) is 10.8. The molecule has 1 saturated carbocycles. The van der Waals surface area contributed by atoms with Gasteiger partial charge in [-0.15, -0.1) is 0 Å². The minimum atomic E-state index is -0.0556. The second-order valence-electron chi connectivity index (χ2n) is 11.6. The summed E-state index contributed by atoms with van der Waals surface area (Å²) in [5.74, 6) is 1.56. The Morgan fingerprint density at radius 1 is 0.872 bits per heavy atom. The highest BCUT2D eigenvalue weighted by atomic mass is 16.5. The molecule has 0 atom stereocenters.